The number of nitrogens with zero attached hydrogens (tertiary/aromatic N) is 1. The fraction of sp³-hybridized carbons (Fsp3) is 0.0455. The molecule has 0 aliphatic rings. The lowest BCUT2D eigenvalue weighted by atomic mass is 10.2. The van der Waals surface area contributed by atoms with Gasteiger partial charge in [0.15, 0.2) is 10.9 Å². The molecule has 4 rings (SSSR count). The van der Waals surface area contributed by atoms with Gasteiger partial charge >= 0.3 is 0 Å². The van der Waals surface area contributed by atoms with E-state index < -0.39 is 0 Å². The van der Waals surface area contributed by atoms with Gasteiger partial charge in [0.25, 0.3) is 5.91 Å². The van der Waals surface area contributed by atoms with Gasteiger partial charge in [-0.15, -0.1) is 23.1 Å². The number of anilines is 2. The molecule has 162 valence electrons. The van der Waals surface area contributed by atoms with Crippen molar-refractivity contribution in [3.05, 3.63) is 82.0 Å². The molecule has 0 atom stereocenters. The summed E-state index contributed by atoms with van der Waals surface area (Å²) in [5, 5.41) is 8.83. The molecule has 2 amide bonds. The van der Waals surface area contributed by atoms with E-state index in [2.05, 4.69) is 15.6 Å². The highest BCUT2D eigenvalue weighted by Crippen LogP contribution is 2.30. The summed E-state index contributed by atoms with van der Waals surface area (Å²) in [7, 11) is 0. The van der Waals surface area contributed by atoms with Crippen LogP contribution < -0.4 is 10.6 Å². The molecule has 2 aromatic carbocycles. The van der Waals surface area contributed by atoms with Crippen molar-refractivity contribution in [2.24, 2.45) is 0 Å². The third-order valence-corrected chi connectivity index (χ3v) is 6.70. The summed E-state index contributed by atoms with van der Waals surface area (Å²) in [6.45, 7) is 0. The summed E-state index contributed by atoms with van der Waals surface area (Å²) < 4.78 is 5.07. The average molecular weight is 504 g/mol. The van der Waals surface area contributed by atoms with Crippen LogP contribution in [0.1, 0.15) is 10.6 Å². The minimum Gasteiger partial charge on any atom is -0.459 e. The monoisotopic (exact) mass is 503 g/mol. The normalized spacial score (nSPS) is 10.7. The number of carbonyl (C=O) groups is 2. The van der Waals surface area contributed by atoms with E-state index >= 15 is 0 Å². The van der Waals surface area contributed by atoms with Crippen molar-refractivity contribution in [1.82, 2.24) is 4.98 Å². The van der Waals surface area contributed by atoms with E-state index in [0.29, 0.717) is 26.6 Å². The lowest BCUT2D eigenvalue weighted by molar-refractivity contribution is -0.113. The number of benzene rings is 2. The van der Waals surface area contributed by atoms with Gasteiger partial charge in [0.05, 0.1) is 27.8 Å². The number of aromatic nitrogens is 1. The summed E-state index contributed by atoms with van der Waals surface area (Å²) in [4.78, 5) is 29.6. The molecular formula is C22H15Cl2N3O3S2. The molecule has 2 aromatic heterocycles. The van der Waals surface area contributed by atoms with Crippen LogP contribution in [-0.4, -0.2) is 22.6 Å². The third kappa shape index (κ3) is 5.72. The second-order valence-electron chi connectivity index (χ2n) is 6.46. The number of halogens is 2. The maximum atomic E-state index is 12.3. The largest absolute Gasteiger partial charge is 0.459 e. The molecule has 0 spiro atoms. The predicted octanol–water partition coefficient (Wildman–Crippen LogP) is 6.69. The molecule has 0 fully saturated rings. The van der Waals surface area contributed by atoms with Gasteiger partial charge in [-0.1, -0.05) is 29.3 Å². The molecule has 0 saturated heterocycles. The number of thioether (sulfide) groups is 1. The van der Waals surface area contributed by atoms with Crippen molar-refractivity contribution in [3.8, 4) is 11.3 Å². The van der Waals surface area contributed by atoms with E-state index in [-0.39, 0.29) is 23.3 Å². The van der Waals surface area contributed by atoms with Crippen molar-refractivity contribution in [2.45, 2.75) is 4.90 Å². The van der Waals surface area contributed by atoms with Crippen molar-refractivity contribution < 1.29 is 14.0 Å². The second-order valence-corrected chi connectivity index (χ2v) is 9.18. The smallest absolute Gasteiger partial charge is 0.291 e. The molecule has 6 nitrogen and oxygen atoms in total. The van der Waals surface area contributed by atoms with Crippen LogP contribution in [0.5, 0.6) is 0 Å². The Hall–Kier alpha value is -2.78. The fourth-order valence-electron chi connectivity index (χ4n) is 2.66. The zero-order chi connectivity index (χ0) is 22.5. The van der Waals surface area contributed by atoms with Crippen LogP contribution in [0.4, 0.5) is 10.8 Å². The van der Waals surface area contributed by atoms with Gasteiger partial charge in [0.2, 0.25) is 5.91 Å². The first-order valence-corrected chi connectivity index (χ1v) is 11.9. The van der Waals surface area contributed by atoms with E-state index in [1.807, 2.05) is 23.6 Å². The van der Waals surface area contributed by atoms with Gasteiger partial charge in [-0.2, -0.15) is 0 Å². The average Bonchev–Trinajstić information content (AvgIpc) is 3.48. The Labute approximate surface area is 202 Å². The third-order valence-electron chi connectivity index (χ3n) is 4.19. The van der Waals surface area contributed by atoms with E-state index in [9.17, 15) is 9.59 Å². The lowest BCUT2D eigenvalue weighted by Crippen LogP contribution is -2.13. The quantitative estimate of drug-likeness (QED) is 0.274. The Kier molecular flexibility index (Phi) is 7.16. The highest BCUT2D eigenvalue weighted by molar-refractivity contribution is 8.00. The highest BCUT2D eigenvalue weighted by Gasteiger charge is 2.11. The minimum atomic E-state index is -0.321. The first-order valence-electron chi connectivity index (χ1n) is 9.26. The fourth-order valence-corrected chi connectivity index (χ4v) is 4.39. The first kappa shape index (κ1) is 22.4. The molecule has 0 aliphatic carbocycles. The SMILES string of the molecule is O=C(CSc1ccc(NC(=O)c2ccco2)cc1)Nc1nc(-c2ccc(Cl)c(Cl)c2)cs1. The van der Waals surface area contributed by atoms with Crippen molar-refractivity contribution in [2.75, 3.05) is 16.4 Å². The predicted molar refractivity (Wildman–Crippen MR) is 130 cm³/mol. The summed E-state index contributed by atoms with van der Waals surface area (Å²) in [6, 6.07) is 15.7. The van der Waals surface area contributed by atoms with Gasteiger partial charge in [0.1, 0.15) is 0 Å². The highest BCUT2D eigenvalue weighted by atomic mass is 35.5. The Morgan fingerprint density at radius 1 is 1.03 bits per heavy atom. The standard InChI is InChI=1S/C22H15Cl2N3O3S2/c23-16-8-3-13(10-17(16)24)18-11-32-22(26-18)27-20(28)12-31-15-6-4-14(5-7-15)25-21(29)19-2-1-9-30-19/h1-11H,12H2,(H,25,29)(H,26,27,28). The number of rotatable bonds is 7. The summed E-state index contributed by atoms with van der Waals surface area (Å²) >= 11 is 14.7. The molecule has 0 radical (unpaired) electrons. The molecule has 2 heterocycles. The van der Waals surface area contributed by atoms with Gasteiger partial charge < -0.3 is 15.1 Å². The molecule has 0 saturated carbocycles. The Morgan fingerprint density at radius 3 is 2.56 bits per heavy atom. The van der Waals surface area contributed by atoms with E-state index in [1.54, 1.807) is 36.4 Å². The number of hydrogen-bond acceptors (Lipinski definition) is 6. The van der Waals surface area contributed by atoms with Crippen LogP contribution in [0.15, 0.2) is 75.6 Å². The van der Waals surface area contributed by atoms with E-state index in [1.165, 1.54) is 29.4 Å². The van der Waals surface area contributed by atoms with Crippen LogP contribution >= 0.6 is 46.3 Å². The van der Waals surface area contributed by atoms with Crippen molar-refractivity contribution >= 4 is 68.9 Å². The number of nitrogens with one attached hydrogen (secondary N) is 2. The summed E-state index contributed by atoms with van der Waals surface area (Å²) in [6.07, 6.45) is 1.44. The van der Waals surface area contributed by atoms with Crippen LogP contribution in [0.25, 0.3) is 11.3 Å². The number of amides is 2. The van der Waals surface area contributed by atoms with Crippen molar-refractivity contribution in [1.29, 1.82) is 0 Å². The zero-order valence-electron chi connectivity index (χ0n) is 16.3. The Balaban J connectivity index is 1.28. The zero-order valence-corrected chi connectivity index (χ0v) is 19.4. The Bertz CT molecular complexity index is 1240. The molecule has 2 N–H and O–H groups in total. The maximum absolute atomic E-state index is 12.3. The molecule has 10 heteroatoms. The maximum Gasteiger partial charge on any atom is 0.291 e. The van der Waals surface area contributed by atoms with Crippen LogP contribution in [-0.2, 0) is 4.79 Å². The summed E-state index contributed by atoms with van der Waals surface area (Å²) in [5.74, 6) is -0.0249. The van der Waals surface area contributed by atoms with Crippen LogP contribution in [0.2, 0.25) is 10.0 Å². The Morgan fingerprint density at radius 2 is 1.84 bits per heavy atom. The molecule has 0 aliphatic heterocycles. The molecule has 0 bridgehead atoms. The topological polar surface area (TPSA) is 84.2 Å². The van der Waals surface area contributed by atoms with Crippen molar-refractivity contribution in [3.63, 3.8) is 0 Å². The van der Waals surface area contributed by atoms with Gasteiger partial charge in [-0.25, -0.2) is 4.98 Å². The number of carbonyl (C=O) groups excluding carboxylic acids is 2. The van der Waals surface area contributed by atoms with Crippen LogP contribution in [0, 0.1) is 0 Å². The molecule has 4 aromatic rings. The summed E-state index contributed by atoms with van der Waals surface area (Å²) in [5.41, 5.74) is 2.17. The number of furan rings is 1. The number of thiazole rings is 1. The van der Waals surface area contributed by atoms with Crippen LogP contribution in [0.3, 0.4) is 0 Å². The minimum absolute atomic E-state index is 0.166. The van der Waals surface area contributed by atoms with E-state index in [0.717, 1.165) is 10.5 Å². The molecular weight excluding hydrogens is 489 g/mol. The van der Waals surface area contributed by atoms with Gasteiger partial charge in [0, 0.05) is 21.5 Å². The van der Waals surface area contributed by atoms with Gasteiger partial charge in [-0.3, -0.25) is 9.59 Å². The van der Waals surface area contributed by atoms with Gasteiger partial charge in [-0.05, 0) is 48.5 Å². The van der Waals surface area contributed by atoms with E-state index in [4.69, 9.17) is 27.6 Å². The molecule has 0 unspecified atom stereocenters. The molecule has 32 heavy (non-hydrogen) atoms. The lowest BCUT2D eigenvalue weighted by Gasteiger charge is -2.05. The first-order chi connectivity index (χ1) is 15.5. The number of hydrogen-bond donors (Lipinski definition) is 2. The second kappa shape index (κ2) is 10.2.